The maximum atomic E-state index is 8.48. The molecule has 0 fully saturated rings. The van der Waals surface area contributed by atoms with Crippen LogP contribution in [0.4, 0.5) is 5.95 Å². The van der Waals surface area contributed by atoms with Gasteiger partial charge >= 0.3 is 0 Å². The minimum Gasteiger partial charge on any atom is -0.369 e. The fourth-order valence-corrected chi connectivity index (χ4v) is 1.46. The van der Waals surface area contributed by atoms with Crippen molar-refractivity contribution < 1.29 is 0 Å². The molecule has 0 saturated heterocycles. The highest BCUT2D eigenvalue weighted by molar-refractivity contribution is 5.84. The molecule has 84 valence electrons. The van der Waals surface area contributed by atoms with Gasteiger partial charge in [0.15, 0.2) is 5.95 Å². The Morgan fingerprint density at radius 2 is 2.29 bits per heavy atom. The number of H-pyrrole nitrogens is 1. The third kappa shape index (κ3) is 2.29. The largest absolute Gasteiger partial charge is 0.369 e. The summed E-state index contributed by atoms with van der Waals surface area (Å²) in [5, 5.41) is 16.8. The number of nitriles is 1. The first-order valence-corrected chi connectivity index (χ1v) is 4.94. The second-order valence-electron chi connectivity index (χ2n) is 3.38. The number of fused-ring (bicyclic) bond motifs is 1. The van der Waals surface area contributed by atoms with Gasteiger partial charge in [0.05, 0.1) is 18.0 Å². The molecular weight excluding hydrogens is 216 g/mol. The first-order valence-electron chi connectivity index (χ1n) is 4.94. The highest BCUT2D eigenvalue weighted by Crippen LogP contribution is 2.06. The topological polar surface area (TPSA) is 115 Å². The van der Waals surface area contributed by atoms with Gasteiger partial charge in [-0.1, -0.05) is 12.1 Å². The number of amidine groups is 1. The number of benzene rings is 1. The van der Waals surface area contributed by atoms with Gasteiger partial charge < -0.3 is 10.7 Å². The van der Waals surface area contributed by atoms with Crippen LogP contribution in [0.25, 0.3) is 10.9 Å². The summed E-state index contributed by atoms with van der Waals surface area (Å²) >= 11 is 0. The molecule has 0 atom stereocenters. The van der Waals surface area contributed by atoms with Crippen LogP contribution in [0.3, 0.4) is 0 Å². The Balaban J connectivity index is 2.69. The van der Waals surface area contributed by atoms with Crippen molar-refractivity contribution in [2.45, 2.75) is 6.42 Å². The second kappa shape index (κ2) is 4.45. The number of anilines is 1. The molecule has 0 unspecified atom stereocenters. The molecule has 6 heteroatoms. The van der Waals surface area contributed by atoms with E-state index in [9.17, 15) is 0 Å². The number of para-hydroxylation sites is 1. The van der Waals surface area contributed by atoms with Crippen molar-refractivity contribution in [2.24, 2.45) is 4.99 Å². The number of nitrogen functional groups attached to an aromatic ring is 1. The number of aromatic nitrogens is 2. The first-order chi connectivity index (χ1) is 8.20. The van der Waals surface area contributed by atoms with Gasteiger partial charge in [-0.05, 0) is 12.1 Å². The molecule has 0 radical (unpaired) electrons. The van der Waals surface area contributed by atoms with E-state index in [1.165, 1.54) is 0 Å². The van der Waals surface area contributed by atoms with Crippen molar-refractivity contribution in [3.05, 3.63) is 29.8 Å². The number of nitrogens with two attached hydrogens (primary N) is 1. The summed E-state index contributed by atoms with van der Waals surface area (Å²) in [6.45, 7) is 0. The van der Waals surface area contributed by atoms with Gasteiger partial charge in [0.1, 0.15) is 11.3 Å². The number of nitrogens with zero attached hydrogens (tertiary/aromatic N) is 3. The number of aromatic amines is 1. The van der Waals surface area contributed by atoms with Crippen LogP contribution in [0.2, 0.25) is 0 Å². The standard InChI is InChI=1S/C11H10N6/c12-6-5-9(13)16-10-7-3-1-2-4-8(7)15-11(14)17-10/h1-4H,5H2,(H4,13,14,15,16,17). The van der Waals surface area contributed by atoms with E-state index in [4.69, 9.17) is 16.4 Å². The summed E-state index contributed by atoms with van der Waals surface area (Å²) in [6, 6.07) is 9.21. The van der Waals surface area contributed by atoms with E-state index >= 15 is 0 Å². The highest BCUT2D eigenvalue weighted by Gasteiger charge is 2.00. The molecule has 0 bridgehead atoms. The smallest absolute Gasteiger partial charge is 0.199 e. The summed E-state index contributed by atoms with van der Waals surface area (Å²) < 4.78 is 0. The number of hydrogen-bond donors (Lipinski definition) is 3. The Morgan fingerprint density at radius 1 is 1.53 bits per heavy atom. The predicted octanol–water partition coefficient (Wildman–Crippen LogP) is 0.937. The monoisotopic (exact) mass is 226 g/mol. The molecule has 0 spiro atoms. The molecular formula is C11H10N6. The van der Waals surface area contributed by atoms with Crippen molar-refractivity contribution >= 4 is 22.7 Å². The molecule has 1 aromatic carbocycles. The molecule has 0 aliphatic heterocycles. The summed E-state index contributed by atoms with van der Waals surface area (Å²) in [6.07, 6.45) is -0.0373. The fraction of sp³-hybridized carbons (Fsp3) is 0.0909. The van der Waals surface area contributed by atoms with Crippen LogP contribution in [-0.2, 0) is 0 Å². The summed E-state index contributed by atoms with van der Waals surface area (Å²) in [5.41, 5.74) is 6.77. The lowest BCUT2D eigenvalue weighted by molar-refractivity contribution is 1.13. The van der Waals surface area contributed by atoms with Crippen LogP contribution in [0.5, 0.6) is 0 Å². The van der Waals surface area contributed by atoms with Crippen LogP contribution in [-0.4, -0.2) is 15.8 Å². The average molecular weight is 226 g/mol. The normalized spacial score (nSPS) is 11.4. The van der Waals surface area contributed by atoms with E-state index in [1.54, 1.807) is 0 Å². The van der Waals surface area contributed by atoms with Gasteiger partial charge in [-0.2, -0.15) is 5.26 Å². The Labute approximate surface area is 97.0 Å². The Bertz CT molecular complexity index is 676. The van der Waals surface area contributed by atoms with Gasteiger partial charge in [-0.3, -0.25) is 5.41 Å². The molecule has 1 aromatic heterocycles. The SMILES string of the molecule is N#CCC(=N)/N=c1\[nH]c(N)nc2ccccc12. The van der Waals surface area contributed by atoms with Gasteiger partial charge in [0, 0.05) is 5.39 Å². The van der Waals surface area contributed by atoms with Gasteiger partial charge in [0.25, 0.3) is 0 Å². The van der Waals surface area contributed by atoms with Crippen molar-refractivity contribution in [3.63, 3.8) is 0 Å². The Hall–Kier alpha value is -2.68. The molecule has 6 nitrogen and oxygen atoms in total. The van der Waals surface area contributed by atoms with Gasteiger partial charge in [-0.25, -0.2) is 9.98 Å². The lowest BCUT2D eigenvalue weighted by atomic mass is 10.2. The first kappa shape index (κ1) is 10.8. The molecule has 0 aliphatic carbocycles. The zero-order valence-corrected chi connectivity index (χ0v) is 8.94. The molecule has 0 saturated carbocycles. The minimum atomic E-state index is -0.0373. The molecule has 1 heterocycles. The summed E-state index contributed by atoms with van der Waals surface area (Å²) in [7, 11) is 0. The van der Waals surface area contributed by atoms with E-state index in [0.29, 0.717) is 11.0 Å². The highest BCUT2D eigenvalue weighted by atomic mass is 15.0. The van der Waals surface area contributed by atoms with E-state index < -0.39 is 0 Å². The zero-order chi connectivity index (χ0) is 12.3. The fourth-order valence-electron chi connectivity index (χ4n) is 1.46. The summed E-state index contributed by atoms with van der Waals surface area (Å²) in [4.78, 5) is 10.9. The lowest BCUT2D eigenvalue weighted by Crippen LogP contribution is -2.15. The maximum absolute atomic E-state index is 8.48. The zero-order valence-electron chi connectivity index (χ0n) is 8.94. The van der Waals surface area contributed by atoms with Crippen molar-refractivity contribution in [3.8, 4) is 6.07 Å². The summed E-state index contributed by atoms with van der Waals surface area (Å²) in [5.74, 6) is 0.215. The molecule has 0 aliphatic rings. The lowest BCUT2D eigenvalue weighted by Gasteiger charge is -2.00. The van der Waals surface area contributed by atoms with Crippen LogP contribution in [0, 0.1) is 16.7 Å². The van der Waals surface area contributed by atoms with E-state index in [-0.39, 0.29) is 18.2 Å². The Morgan fingerprint density at radius 3 is 3.06 bits per heavy atom. The maximum Gasteiger partial charge on any atom is 0.199 e. The van der Waals surface area contributed by atoms with Gasteiger partial charge in [-0.15, -0.1) is 0 Å². The van der Waals surface area contributed by atoms with Crippen molar-refractivity contribution in [1.29, 1.82) is 10.7 Å². The number of hydrogen-bond acceptors (Lipinski definition) is 4. The van der Waals surface area contributed by atoms with E-state index in [2.05, 4.69) is 15.0 Å². The number of rotatable bonds is 1. The van der Waals surface area contributed by atoms with Crippen LogP contribution < -0.4 is 11.2 Å². The third-order valence-electron chi connectivity index (χ3n) is 2.14. The number of nitrogens with one attached hydrogen (secondary N) is 2. The second-order valence-corrected chi connectivity index (χ2v) is 3.38. The van der Waals surface area contributed by atoms with Crippen molar-refractivity contribution in [2.75, 3.05) is 5.73 Å². The Kier molecular flexibility index (Phi) is 2.83. The van der Waals surface area contributed by atoms with Gasteiger partial charge in [0.2, 0.25) is 0 Å². The van der Waals surface area contributed by atoms with Crippen LogP contribution in [0.1, 0.15) is 6.42 Å². The molecule has 17 heavy (non-hydrogen) atoms. The molecule has 2 aromatic rings. The van der Waals surface area contributed by atoms with Crippen LogP contribution >= 0.6 is 0 Å². The van der Waals surface area contributed by atoms with E-state index in [0.717, 1.165) is 5.39 Å². The van der Waals surface area contributed by atoms with Crippen LogP contribution in [0.15, 0.2) is 29.3 Å². The average Bonchev–Trinajstić information content (AvgIpc) is 2.29. The molecule has 4 N–H and O–H groups in total. The van der Waals surface area contributed by atoms with Crippen molar-refractivity contribution in [1.82, 2.24) is 9.97 Å². The minimum absolute atomic E-state index is 0.0143. The predicted molar refractivity (Wildman–Crippen MR) is 64.0 cm³/mol. The molecule has 0 amide bonds. The van der Waals surface area contributed by atoms with E-state index in [1.807, 2.05) is 30.3 Å². The quantitative estimate of drug-likeness (QED) is 0.496. The third-order valence-corrected chi connectivity index (χ3v) is 2.14. The molecule has 2 rings (SSSR count).